The van der Waals surface area contributed by atoms with E-state index in [2.05, 4.69) is 15.1 Å². The number of rotatable bonds is 5. The van der Waals surface area contributed by atoms with Crippen LogP contribution in [0, 0.1) is 17.7 Å². The maximum atomic E-state index is 14.9. The van der Waals surface area contributed by atoms with Crippen LogP contribution < -0.4 is 16.1 Å². The lowest BCUT2D eigenvalue weighted by Crippen LogP contribution is -2.26. The van der Waals surface area contributed by atoms with Gasteiger partial charge in [0.1, 0.15) is 18.3 Å². The predicted octanol–water partition coefficient (Wildman–Crippen LogP) is 3.34. The Morgan fingerprint density at radius 3 is 2.67 bits per heavy atom. The minimum atomic E-state index is -1.34. The number of aromatic nitrogens is 3. The van der Waals surface area contributed by atoms with E-state index in [4.69, 9.17) is 10.6 Å². The lowest BCUT2D eigenvalue weighted by Gasteiger charge is -2.19. The largest absolute Gasteiger partial charge is 0.477 e. The molecule has 0 amide bonds. The van der Waals surface area contributed by atoms with Crippen LogP contribution in [0.5, 0.6) is 0 Å². The summed E-state index contributed by atoms with van der Waals surface area (Å²) in [5, 5.41) is 14.2. The average Bonchev–Trinajstić information content (AvgIpc) is 3.69. The molecule has 1 aliphatic carbocycles. The topological polar surface area (TPSA) is 136 Å². The van der Waals surface area contributed by atoms with E-state index in [1.54, 1.807) is 21.6 Å². The standard InChI is InChI=1S/C18H20FN5O4.C9H6FN/c1-28-22-14-8-23(6-9(14)5-20)17-13(19)4-11-15(25)12(18(26)27)7-24(10-2-3-10)16(11)21-17;10-9-6-5-7-3-1-2-4-8(7)11-9/h4,7,9-10H,2-3,5-6,8,20H2,1H3,(H,26,27);1-6H/b22-14+;. The number of carbonyl (C=O) groups is 1. The number of nitrogens with zero attached hydrogens (tertiary/aromatic N) is 5. The summed E-state index contributed by atoms with van der Waals surface area (Å²) in [5.74, 6) is -2.45. The van der Waals surface area contributed by atoms with Crippen LogP contribution in [-0.2, 0) is 4.84 Å². The van der Waals surface area contributed by atoms with Crippen LogP contribution in [0.1, 0.15) is 29.2 Å². The van der Waals surface area contributed by atoms with Crippen LogP contribution in [0.3, 0.4) is 0 Å². The SMILES string of the molecule is CO/N=C1\CN(c2nc3c(cc2F)c(=O)c(C(=O)O)cn3C2CC2)CC1CN.Fc1ccc2ccccc2n1. The van der Waals surface area contributed by atoms with Crippen molar-refractivity contribution in [1.29, 1.82) is 0 Å². The maximum Gasteiger partial charge on any atom is 0.341 e. The van der Waals surface area contributed by atoms with Gasteiger partial charge < -0.3 is 25.1 Å². The van der Waals surface area contributed by atoms with Crippen molar-refractivity contribution in [3.8, 4) is 0 Å². The molecule has 3 N–H and O–H groups in total. The van der Waals surface area contributed by atoms with E-state index in [9.17, 15) is 23.5 Å². The first kappa shape index (κ1) is 26.2. The molecule has 4 aromatic rings. The molecule has 1 unspecified atom stereocenters. The number of nitrogens with two attached hydrogens (primary N) is 1. The Morgan fingerprint density at radius 2 is 1.97 bits per heavy atom. The van der Waals surface area contributed by atoms with Gasteiger partial charge in [-0.1, -0.05) is 23.4 Å². The molecule has 3 aromatic heterocycles. The lowest BCUT2D eigenvalue weighted by atomic mass is 10.1. The zero-order chi connectivity index (χ0) is 27.7. The third kappa shape index (κ3) is 5.28. The third-order valence-electron chi connectivity index (χ3n) is 6.73. The van der Waals surface area contributed by atoms with E-state index in [1.807, 2.05) is 18.2 Å². The van der Waals surface area contributed by atoms with Crippen LogP contribution >= 0.6 is 0 Å². The van der Waals surface area contributed by atoms with E-state index < -0.39 is 23.2 Å². The summed E-state index contributed by atoms with van der Waals surface area (Å²) in [7, 11) is 1.44. The van der Waals surface area contributed by atoms with Crippen LogP contribution in [-0.4, -0.2) is 58.1 Å². The highest BCUT2D eigenvalue weighted by molar-refractivity contribution is 5.95. The van der Waals surface area contributed by atoms with Gasteiger partial charge in [0.2, 0.25) is 11.4 Å². The Balaban J connectivity index is 0.000000233. The predicted molar refractivity (Wildman–Crippen MR) is 142 cm³/mol. The molecule has 0 spiro atoms. The molecule has 1 saturated heterocycles. The second-order valence-electron chi connectivity index (χ2n) is 9.39. The fourth-order valence-electron chi connectivity index (χ4n) is 4.64. The van der Waals surface area contributed by atoms with Crippen molar-refractivity contribution >= 4 is 39.4 Å². The van der Waals surface area contributed by atoms with Gasteiger partial charge in [-0.25, -0.2) is 19.2 Å². The van der Waals surface area contributed by atoms with Crippen molar-refractivity contribution < 1.29 is 23.5 Å². The molecule has 39 heavy (non-hydrogen) atoms. The van der Waals surface area contributed by atoms with Gasteiger partial charge in [-0.2, -0.15) is 4.39 Å². The summed E-state index contributed by atoms with van der Waals surface area (Å²) >= 11 is 0. The number of para-hydroxylation sites is 1. The van der Waals surface area contributed by atoms with Crippen LogP contribution in [0.15, 0.2) is 58.6 Å². The zero-order valence-corrected chi connectivity index (χ0v) is 21.1. The Kier molecular flexibility index (Phi) is 7.20. The second-order valence-corrected chi connectivity index (χ2v) is 9.39. The monoisotopic (exact) mass is 536 g/mol. The highest BCUT2D eigenvalue weighted by Gasteiger charge is 2.33. The molecule has 1 atom stereocenters. The number of aromatic carboxylic acids is 1. The maximum absolute atomic E-state index is 14.9. The first-order chi connectivity index (χ1) is 18.8. The second kappa shape index (κ2) is 10.7. The van der Waals surface area contributed by atoms with Crippen molar-refractivity contribution in [3.63, 3.8) is 0 Å². The van der Waals surface area contributed by atoms with Gasteiger partial charge in [-0.3, -0.25) is 4.79 Å². The molecule has 0 bridgehead atoms. The van der Waals surface area contributed by atoms with E-state index in [1.165, 1.54) is 19.4 Å². The molecule has 4 heterocycles. The molecule has 1 aromatic carbocycles. The number of fused-ring (bicyclic) bond motifs is 2. The Bertz CT molecular complexity index is 1650. The highest BCUT2D eigenvalue weighted by atomic mass is 19.1. The number of halogens is 2. The molecule has 0 radical (unpaired) electrons. The molecule has 6 rings (SSSR count). The van der Waals surface area contributed by atoms with Crippen molar-refractivity contribution in [1.82, 2.24) is 14.5 Å². The minimum Gasteiger partial charge on any atom is -0.477 e. The molecule has 1 aliphatic heterocycles. The van der Waals surface area contributed by atoms with Crippen molar-refractivity contribution in [2.45, 2.75) is 18.9 Å². The van der Waals surface area contributed by atoms with Gasteiger partial charge in [0, 0.05) is 36.6 Å². The molecular formula is C27H26F2N6O4. The molecule has 10 nitrogen and oxygen atoms in total. The van der Waals surface area contributed by atoms with Gasteiger partial charge in [-0.05, 0) is 37.1 Å². The zero-order valence-electron chi connectivity index (χ0n) is 21.1. The number of carboxylic acid groups (broad SMARTS) is 1. The Labute approximate surface area is 221 Å². The number of oxime groups is 1. The lowest BCUT2D eigenvalue weighted by molar-refractivity contribution is 0.0695. The van der Waals surface area contributed by atoms with Crippen LogP contribution in [0.2, 0.25) is 0 Å². The molecule has 1 saturated carbocycles. The number of anilines is 1. The van der Waals surface area contributed by atoms with Gasteiger partial charge in [0.25, 0.3) is 0 Å². The third-order valence-corrected chi connectivity index (χ3v) is 6.73. The normalized spacial score (nSPS) is 17.9. The Hall–Kier alpha value is -4.45. The summed E-state index contributed by atoms with van der Waals surface area (Å²) in [5.41, 5.74) is 6.35. The summed E-state index contributed by atoms with van der Waals surface area (Å²) < 4.78 is 29.1. The van der Waals surface area contributed by atoms with Gasteiger partial charge >= 0.3 is 5.97 Å². The molecule has 2 fully saturated rings. The number of carboxylic acids is 1. The summed E-state index contributed by atoms with van der Waals surface area (Å²) in [6, 6.07) is 11.7. The number of pyridine rings is 3. The van der Waals surface area contributed by atoms with E-state index >= 15 is 0 Å². The Morgan fingerprint density at radius 1 is 1.21 bits per heavy atom. The molecule has 2 aliphatic rings. The number of hydrogen-bond donors (Lipinski definition) is 2. The van der Waals surface area contributed by atoms with E-state index in [-0.39, 0.29) is 34.4 Å². The van der Waals surface area contributed by atoms with E-state index in [0.29, 0.717) is 30.9 Å². The van der Waals surface area contributed by atoms with E-state index in [0.717, 1.165) is 24.3 Å². The fraction of sp³-hybridized carbons (Fsp3) is 0.296. The fourth-order valence-corrected chi connectivity index (χ4v) is 4.64. The van der Waals surface area contributed by atoms with Crippen molar-refractivity contribution in [2.24, 2.45) is 16.8 Å². The molecular weight excluding hydrogens is 510 g/mol. The van der Waals surface area contributed by atoms with Crippen LogP contribution in [0.25, 0.3) is 21.9 Å². The van der Waals surface area contributed by atoms with Gasteiger partial charge in [0.15, 0.2) is 11.6 Å². The highest BCUT2D eigenvalue weighted by Crippen LogP contribution is 2.37. The van der Waals surface area contributed by atoms with Crippen molar-refractivity contribution in [3.05, 3.63) is 76.2 Å². The minimum absolute atomic E-state index is 0.0339. The molecule has 12 heteroatoms. The average molecular weight is 537 g/mol. The summed E-state index contributed by atoms with van der Waals surface area (Å²) in [6.45, 7) is 1.07. The summed E-state index contributed by atoms with van der Waals surface area (Å²) in [6.07, 6.45) is 3.02. The molecule has 202 valence electrons. The van der Waals surface area contributed by atoms with Crippen molar-refractivity contribution in [2.75, 3.05) is 31.6 Å². The van der Waals surface area contributed by atoms with Gasteiger partial charge in [-0.15, -0.1) is 0 Å². The smallest absolute Gasteiger partial charge is 0.341 e. The number of hydrogen-bond acceptors (Lipinski definition) is 8. The van der Waals surface area contributed by atoms with Gasteiger partial charge in [0.05, 0.1) is 23.2 Å². The van der Waals surface area contributed by atoms with Crippen LogP contribution in [0.4, 0.5) is 14.6 Å². The first-order valence-corrected chi connectivity index (χ1v) is 12.4. The first-order valence-electron chi connectivity index (χ1n) is 12.4. The summed E-state index contributed by atoms with van der Waals surface area (Å²) in [4.78, 5) is 38.6. The number of benzene rings is 1. The quantitative estimate of drug-likeness (QED) is 0.293.